The number of sulfonamides is 1. The maximum Gasteiger partial charge on any atom is 0.243 e. The third-order valence-corrected chi connectivity index (χ3v) is 6.03. The number of carbonyl (C=O) groups is 1. The van der Waals surface area contributed by atoms with Gasteiger partial charge in [0.25, 0.3) is 0 Å². The molecule has 3 aromatic rings. The van der Waals surface area contributed by atoms with E-state index in [0.29, 0.717) is 30.2 Å². The Morgan fingerprint density at radius 3 is 2.16 bits per heavy atom. The SMILES string of the molecule is C[C@H](C(=O)NCCc1ccc(F)cc1)N(c1ccc(Oc2ccccc2)cc1)S(C)(=O)=O. The molecule has 168 valence electrons. The smallest absolute Gasteiger partial charge is 0.243 e. The number of nitrogens with zero attached hydrogens (tertiary/aromatic N) is 1. The largest absolute Gasteiger partial charge is 0.457 e. The van der Waals surface area contributed by atoms with Crippen molar-refractivity contribution < 1.29 is 22.3 Å². The lowest BCUT2D eigenvalue weighted by molar-refractivity contribution is -0.121. The number of halogens is 1. The Hall–Kier alpha value is -3.39. The number of carbonyl (C=O) groups excluding carboxylic acids is 1. The summed E-state index contributed by atoms with van der Waals surface area (Å²) in [6, 6.07) is 20.8. The summed E-state index contributed by atoms with van der Waals surface area (Å²) in [6.07, 6.45) is 1.56. The van der Waals surface area contributed by atoms with Gasteiger partial charge in [-0.25, -0.2) is 12.8 Å². The molecule has 0 fully saturated rings. The molecule has 0 unspecified atom stereocenters. The van der Waals surface area contributed by atoms with Crippen LogP contribution in [-0.2, 0) is 21.2 Å². The summed E-state index contributed by atoms with van der Waals surface area (Å²) in [4.78, 5) is 12.7. The van der Waals surface area contributed by atoms with Crippen molar-refractivity contribution in [2.45, 2.75) is 19.4 Å². The highest BCUT2D eigenvalue weighted by Gasteiger charge is 2.29. The van der Waals surface area contributed by atoms with E-state index in [2.05, 4.69) is 5.32 Å². The summed E-state index contributed by atoms with van der Waals surface area (Å²) in [5.41, 5.74) is 1.22. The van der Waals surface area contributed by atoms with E-state index < -0.39 is 22.0 Å². The first-order valence-corrected chi connectivity index (χ1v) is 11.9. The van der Waals surface area contributed by atoms with E-state index in [1.54, 1.807) is 36.4 Å². The fourth-order valence-corrected chi connectivity index (χ4v) is 4.40. The fourth-order valence-electron chi connectivity index (χ4n) is 3.22. The molecule has 0 bridgehead atoms. The Morgan fingerprint density at radius 1 is 0.969 bits per heavy atom. The van der Waals surface area contributed by atoms with Crippen molar-refractivity contribution in [2.75, 3.05) is 17.1 Å². The van der Waals surface area contributed by atoms with Crippen molar-refractivity contribution in [2.24, 2.45) is 0 Å². The van der Waals surface area contributed by atoms with Crippen molar-refractivity contribution in [1.82, 2.24) is 5.32 Å². The van der Waals surface area contributed by atoms with Gasteiger partial charge in [-0.3, -0.25) is 9.10 Å². The molecule has 0 aliphatic carbocycles. The molecule has 0 aliphatic rings. The van der Waals surface area contributed by atoms with Crippen LogP contribution in [0.2, 0.25) is 0 Å². The van der Waals surface area contributed by atoms with E-state index in [-0.39, 0.29) is 5.82 Å². The third-order valence-electron chi connectivity index (χ3n) is 4.78. The van der Waals surface area contributed by atoms with Crippen molar-refractivity contribution in [3.05, 3.63) is 90.2 Å². The van der Waals surface area contributed by atoms with Gasteiger partial charge in [0.1, 0.15) is 23.4 Å². The number of amides is 1. The molecule has 3 aromatic carbocycles. The highest BCUT2D eigenvalue weighted by molar-refractivity contribution is 7.92. The first kappa shape index (κ1) is 23.3. The Bertz CT molecular complexity index is 1130. The second-order valence-electron chi connectivity index (χ2n) is 7.31. The van der Waals surface area contributed by atoms with Crippen molar-refractivity contribution in [3.8, 4) is 11.5 Å². The molecular weight excluding hydrogens is 431 g/mol. The van der Waals surface area contributed by atoms with E-state index in [9.17, 15) is 17.6 Å². The van der Waals surface area contributed by atoms with Gasteiger partial charge < -0.3 is 10.1 Å². The van der Waals surface area contributed by atoms with Gasteiger partial charge in [0, 0.05) is 6.54 Å². The molecular formula is C24H25FN2O4S. The minimum atomic E-state index is -3.73. The van der Waals surface area contributed by atoms with Crippen LogP contribution in [0.25, 0.3) is 0 Å². The van der Waals surface area contributed by atoms with Gasteiger partial charge in [-0.2, -0.15) is 0 Å². The molecule has 0 spiro atoms. The lowest BCUT2D eigenvalue weighted by atomic mass is 10.1. The van der Waals surface area contributed by atoms with Crippen LogP contribution in [0, 0.1) is 5.82 Å². The number of anilines is 1. The molecule has 1 N–H and O–H groups in total. The van der Waals surface area contributed by atoms with Crippen LogP contribution in [0.3, 0.4) is 0 Å². The Balaban J connectivity index is 1.67. The normalized spacial score (nSPS) is 12.1. The highest BCUT2D eigenvalue weighted by Crippen LogP contribution is 2.26. The van der Waals surface area contributed by atoms with Gasteiger partial charge in [-0.05, 0) is 67.4 Å². The van der Waals surface area contributed by atoms with Crippen LogP contribution in [0.1, 0.15) is 12.5 Å². The fraction of sp³-hybridized carbons (Fsp3) is 0.208. The number of rotatable bonds is 9. The second kappa shape index (κ2) is 10.3. The molecule has 1 amide bonds. The van der Waals surface area contributed by atoms with Crippen molar-refractivity contribution in [3.63, 3.8) is 0 Å². The molecule has 0 saturated carbocycles. The molecule has 32 heavy (non-hydrogen) atoms. The first-order valence-electron chi connectivity index (χ1n) is 10.1. The zero-order valence-electron chi connectivity index (χ0n) is 17.9. The number of ether oxygens (including phenoxy) is 1. The maximum absolute atomic E-state index is 13.0. The standard InChI is InChI=1S/C24H25FN2O4S/c1-18(24(28)26-17-16-19-8-10-20(25)11-9-19)27(32(2,29)30)21-12-14-23(15-13-21)31-22-6-4-3-5-7-22/h3-15,18H,16-17H2,1-2H3,(H,26,28)/t18-/m1/s1. The summed E-state index contributed by atoms with van der Waals surface area (Å²) in [6.45, 7) is 1.83. The number of benzene rings is 3. The Morgan fingerprint density at radius 2 is 1.56 bits per heavy atom. The third kappa shape index (κ3) is 6.31. The van der Waals surface area contributed by atoms with Crippen molar-refractivity contribution >= 4 is 21.6 Å². The van der Waals surface area contributed by atoms with Crippen LogP contribution in [0.5, 0.6) is 11.5 Å². The van der Waals surface area contributed by atoms with Gasteiger partial charge in [0.2, 0.25) is 15.9 Å². The van der Waals surface area contributed by atoms with E-state index in [0.717, 1.165) is 16.1 Å². The topological polar surface area (TPSA) is 75.7 Å². The van der Waals surface area contributed by atoms with Crippen LogP contribution >= 0.6 is 0 Å². The average molecular weight is 457 g/mol. The Labute approximate surface area is 187 Å². The van der Waals surface area contributed by atoms with Gasteiger partial charge in [-0.15, -0.1) is 0 Å². The molecule has 1 atom stereocenters. The Kier molecular flexibility index (Phi) is 7.48. The van der Waals surface area contributed by atoms with E-state index in [1.807, 2.05) is 30.3 Å². The monoisotopic (exact) mass is 456 g/mol. The lowest BCUT2D eigenvalue weighted by Gasteiger charge is -2.28. The molecule has 3 rings (SSSR count). The van der Waals surface area contributed by atoms with Crippen LogP contribution in [0.15, 0.2) is 78.9 Å². The summed E-state index contributed by atoms with van der Waals surface area (Å²) >= 11 is 0. The number of para-hydroxylation sites is 1. The molecule has 0 aliphatic heterocycles. The minimum absolute atomic E-state index is 0.302. The predicted octanol–water partition coefficient (Wildman–Crippen LogP) is 4.13. The van der Waals surface area contributed by atoms with Gasteiger partial charge in [-0.1, -0.05) is 30.3 Å². The zero-order chi connectivity index (χ0) is 23.1. The van der Waals surface area contributed by atoms with Gasteiger partial charge in [0.15, 0.2) is 0 Å². The first-order chi connectivity index (χ1) is 15.2. The van der Waals surface area contributed by atoms with Crippen LogP contribution in [-0.4, -0.2) is 33.2 Å². The molecule has 0 radical (unpaired) electrons. The van der Waals surface area contributed by atoms with E-state index in [1.165, 1.54) is 19.1 Å². The zero-order valence-corrected chi connectivity index (χ0v) is 18.7. The number of nitrogens with one attached hydrogen (secondary N) is 1. The van der Waals surface area contributed by atoms with Gasteiger partial charge in [0.05, 0.1) is 11.9 Å². The molecule has 0 saturated heterocycles. The minimum Gasteiger partial charge on any atom is -0.457 e. The summed E-state index contributed by atoms with van der Waals surface area (Å²) in [5.74, 6) is 0.455. The number of hydrogen-bond acceptors (Lipinski definition) is 4. The molecule has 8 heteroatoms. The van der Waals surface area contributed by atoms with Crippen LogP contribution < -0.4 is 14.4 Å². The summed E-state index contributed by atoms with van der Waals surface area (Å²) in [7, 11) is -3.73. The average Bonchev–Trinajstić information content (AvgIpc) is 2.76. The summed E-state index contributed by atoms with van der Waals surface area (Å²) < 4.78 is 44.7. The highest BCUT2D eigenvalue weighted by atomic mass is 32.2. The van der Waals surface area contributed by atoms with Gasteiger partial charge >= 0.3 is 0 Å². The van der Waals surface area contributed by atoms with E-state index in [4.69, 9.17) is 4.74 Å². The molecule has 0 aromatic heterocycles. The van der Waals surface area contributed by atoms with E-state index >= 15 is 0 Å². The molecule has 6 nitrogen and oxygen atoms in total. The maximum atomic E-state index is 13.0. The quantitative estimate of drug-likeness (QED) is 0.525. The number of hydrogen-bond donors (Lipinski definition) is 1. The second-order valence-corrected chi connectivity index (χ2v) is 9.17. The predicted molar refractivity (Wildman–Crippen MR) is 123 cm³/mol. The summed E-state index contributed by atoms with van der Waals surface area (Å²) in [5, 5.41) is 2.75. The molecule has 0 heterocycles. The lowest BCUT2D eigenvalue weighted by Crippen LogP contribution is -2.48. The van der Waals surface area contributed by atoms with Crippen LogP contribution in [0.4, 0.5) is 10.1 Å². The van der Waals surface area contributed by atoms with Crippen molar-refractivity contribution in [1.29, 1.82) is 0 Å².